The van der Waals surface area contributed by atoms with Gasteiger partial charge in [-0.15, -0.1) is 0 Å². The number of nitrogens with one attached hydrogen (secondary N) is 1. The first-order chi connectivity index (χ1) is 14.0. The Morgan fingerprint density at radius 3 is 2.86 bits per heavy atom. The van der Waals surface area contributed by atoms with Gasteiger partial charge in [-0.1, -0.05) is 35.9 Å². The van der Waals surface area contributed by atoms with Crippen LogP contribution in [0, 0.1) is 5.92 Å². The quantitative estimate of drug-likeness (QED) is 0.557. The van der Waals surface area contributed by atoms with E-state index in [4.69, 9.17) is 16.3 Å². The summed E-state index contributed by atoms with van der Waals surface area (Å²) < 4.78 is 10.1. The van der Waals surface area contributed by atoms with Crippen LogP contribution in [0.25, 0.3) is 0 Å². The van der Waals surface area contributed by atoms with E-state index in [0.717, 1.165) is 23.2 Å². The number of fused-ring (bicyclic) bond motifs is 3. The van der Waals surface area contributed by atoms with Crippen LogP contribution in [0.5, 0.6) is 5.75 Å². The number of carbonyl (C=O) groups excluding carboxylic acids is 1. The minimum Gasteiger partial charge on any atom is -0.482 e. The lowest BCUT2D eigenvalue weighted by Crippen LogP contribution is -2.29. The molecule has 1 aliphatic heterocycles. The zero-order valence-corrected chi connectivity index (χ0v) is 16.5. The number of halogens is 1. The Kier molecular flexibility index (Phi) is 5.20. The van der Waals surface area contributed by atoms with Gasteiger partial charge in [0, 0.05) is 5.92 Å². The van der Waals surface area contributed by atoms with Crippen molar-refractivity contribution in [1.29, 1.82) is 0 Å². The van der Waals surface area contributed by atoms with Crippen LogP contribution in [0.2, 0.25) is 5.02 Å². The largest absolute Gasteiger partial charge is 0.482 e. The Labute approximate surface area is 173 Å². The molecule has 0 bridgehead atoms. The van der Waals surface area contributed by atoms with Crippen molar-refractivity contribution in [1.82, 2.24) is 0 Å². The lowest BCUT2D eigenvalue weighted by atomic mass is 9.76. The van der Waals surface area contributed by atoms with Gasteiger partial charge in [-0.05, 0) is 47.7 Å². The van der Waals surface area contributed by atoms with Gasteiger partial charge in [-0.2, -0.15) is 0 Å². The van der Waals surface area contributed by atoms with Crippen LogP contribution in [0.4, 0.5) is 5.69 Å². The molecular formula is C22H20ClNO5. The van der Waals surface area contributed by atoms with Gasteiger partial charge in [0.2, 0.25) is 0 Å². The highest BCUT2D eigenvalue weighted by Crippen LogP contribution is 2.52. The second kappa shape index (κ2) is 7.79. The van der Waals surface area contributed by atoms with Crippen molar-refractivity contribution in [3.63, 3.8) is 0 Å². The topological polar surface area (TPSA) is 84.9 Å². The average molecular weight is 414 g/mol. The number of anilines is 1. The molecule has 7 heteroatoms. The Bertz CT molecular complexity index is 1000. The number of esters is 1. The molecule has 0 radical (unpaired) electrons. The zero-order valence-electron chi connectivity index (χ0n) is 15.7. The molecule has 0 aromatic heterocycles. The molecule has 2 aromatic rings. The van der Waals surface area contributed by atoms with Crippen LogP contribution in [-0.2, 0) is 9.53 Å². The fourth-order valence-corrected chi connectivity index (χ4v) is 4.39. The van der Waals surface area contributed by atoms with Gasteiger partial charge in [-0.25, -0.2) is 9.59 Å². The smallest absolute Gasteiger partial charge is 0.343 e. The number of hydrogen-bond donors (Lipinski definition) is 2. The predicted molar refractivity (Wildman–Crippen MR) is 109 cm³/mol. The Balaban J connectivity index is 1.67. The molecule has 2 aliphatic rings. The monoisotopic (exact) mass is 413 g/mol. The average Bonchev–Trinajstić information content (AvgIpc) is 3.21. The first-order valence-corrected chi connectivity index (χ1v) is 9.65. The van der Waals surface area contributed by atoms with E-state index in [1.165, 1.54) is 13.2 Å². The maximum Gasteiger partial charge on any atom is 0.343 e. The van der Waals surface area contributed by atoms with Crippen molar-refractivity contribution < 1.29 is 24.2 Å². The van der Waals surface area contributed by atoms with Crippen LogP contribution in [-0.4, -0.2) is 30.8 Å². The minimum absolute atomic E-state index is 0.0302. The molecule has 0 saturated heterocycles. The first-order valence-electron chi connectivity index (χ1n) is 9.27. The molecule has 1 aliphatic carbocycles. The molecule has 1 heterocycles. The van der Waals surface area contributed by atoms with E-state index in [9.17, 15) is 14.7 Å². The number of carbonyl (C=O) groups is 2. The number of aromatic carboxylic acids is 1. The second-order valence-corrected chi connectivity index (χ2v) is 7.55. The van der Waals surface area contributed by atoms with E-state index in [1.54, 1.807) is 12.1 Å². The summed E-state index contributed by atoms with van der Waals surface area (Å²) >= 11 is 6.44. The van der Waals surface area contributed by atoms with Gasteiger partial charge >= 0.3 is 11.9 Å². The fourth-order valence-electron chi connectivity index (χ4n) is 4.11. The third-order valence-electron chi connectivity index (χ3n) is 5.47. The van der Waals surface area contributed by atoms with Crippen molar-refractivity contribution >= 4 is 29.2 Å². The van der Waals surface area contributed by atoms with E-state index in [1.807, 2.05) is 18.2 Å². The highest BCUT2D eigenvalue weighted by molar-refractivity contribution is 6.33. The van der Waals surface area contributed by atoms with Gasteiger partial charge in [-0.3, -0.25) is 0 Å². The van der Waals surface area contributed by atoms with E-state index >= 15 is 0 Å². The van der Waals surface area contributed by atoms with E-state index in [0.29, 0.717) is 10.8 Å². The van der Waals surface area contributed by atoms with E-state index < -0.39 is 11.9 Å². The summed E-state index contributed by atoms with van der Waals surface area (Å²) in [6.07, 6.45) is 5.11. The van der Waals surface area contributed by atoms with Crippen molar-refractivity contribution in [3.8, 4) is 5.75 Å². The summed E-state index contributed by atoms with van der Waals surface area (Å²) in [5.41, 5.74) is 2.86. The molecule has 29 heavy (non-hydrogen) atoms. The SMILES string of the molecule is COC(=O)COc1cccc([C@@H]2Nc3c(Cl)cc(C(=O)O)cc3[C@@H]3C=CC[C@@H]32)c1. The second-order valence-electron chi connectivity index (χ2n) is 7.14. The summed E-state index contributed by atoms with van der Waals surface area (Å²) in [6.45, 7) is -0.154. The first kappa shape index (κ1) is 19.3. The molecule has 0 saturated carbocycles. The molecule has 150 valence electrons. The molecule has 0 amide bonds. The predicted octanol–water partition coefficient (Wildman–Crippen LogP) is 4.42. The molecule has 4 rings (SSSR count). The third-order valence-corrected chi connectivity index (χ3v) is 5.77. The minimum atomic E-state index is -0.995. The number of allylic oxidation sites excluding steroid dienone is 2. The fraction of sp³-hybridized carbons (Fsp3) is 0.273. The van der Waals surface area contributed by atoms with Crippen LogP contribution < -0.4 is 10.1 Å². The molecular weight excluding hydrogens is 394 g/mol. The maximum atomic E-state index is 11.4. The number of ether oxygens (including phenoxy) is 2. The Hall–Kier alpha value is -2.99. The number of carboxylic acid groups (broad SMARTS) is 1. The number of rotatable bonds is 5. The lowest BCUT2D eigenvalue weighted by Gasteiger charge is -2.38. The van der Waals surface area contributed by atoms with Crippen molar-refractivity contribution in [3.05, 3.63) is 70.3 Å². The van der Waals surface area contributed by atoms with Gasteiger partial charge < -0.3 is 19.9 Å². The van der Waals surface area contributed by atoms with Crippen LogP contribution >= 0.6 is 11.6 Å². The Morgan fingerprint density at radius 2 is 2.10 bits per heavy atom. The third kappa shape index (κ3) is 3.68. The summed E-state index contributed by atoms with van der Waals surface area (Å²) in [7, 11) is 1.32. The molecule has 0 fully saturated rings. The summed E-state index contributed by atoms with van der Waals surface area (Å²) in [6, 6.07) is 10.7. The summed E-state index contributed by atoms with van der Waals surface area (Å²) in [4.78, 5) is 22.8. The van der Waals surface area contributed by atoms with Gasteiger partial charge in [0.05, 0.1) is 29.4 Å². The maximum absolute atomic E-state index is 11.4. The number of benzene rings is 2. The summed E-state index contributed by atoms with van der Waals surface area (Å²) in [5, 5.41) is 13.3. The number of methoxy groups -OCH3 is 1. The molecule has 3 atom stereocenters. The molecule has 2 aromatic carbocycles. The standard InChI is InChI=1S/C22H20ClNO5/c1-28-19(25)11-29-14-5-2-4-12(8-14)20-16-7-3-6-15(16)17-9-13(22(26)27)10-18(23)21(17)24-20/h2-6,8-10,15-16,20,24H,7,11H2,1H3,(H,26,27)/t15-,16+,20+/m1/s1. The molecule has 0 unspecified atom stereocenters. The normalized spacial score (nSPS) is 21.7. The highest BCUT2D eigenvalue weighted by Gasteiger charge is 2.39. The number of carboxylic acids is 1. The van der Waals surface area contributed by atoms with Gasteiger partial charge in [0.1, 0.15) is 5.75 Å². The molecule has 0 spiro atoms. The molecule has 2 N–H and O–H groups in total. The van der Waals surface area contributed by atoms with Crippen molar-refractivity contribution in [2.45, 2.75) is 18.4 Å². The van der Waals surface area contributed by atoms with Crippen molar-refractivity contribution in [2.75, 3.05) is 19.0 Å². The van der Waals surface area contributed by atoms with E-state index in [2.05, 4.69) is 22.2 Å². The Morgan fingerprint density at radius 1 is 1.28 bits per heavy atom. The van der Waals surface area contributed by atoms with Gasteiger partial charge in [0.25, 0.3) is 0 Å². The summed E-state index contributed by atoms with van der Waals surface area (Å²) in [5.74, 6) is -0.562. The number of hydrogen-bond acceptors (Lipinski definition) is 5. The van der Waals surface area contributed by atoms with Crippen LogP contribution in [0.3, 0.4) is 0 Å². The van der Waals surface area contributed by atoms with Crippen LogP contribution in [0.15, 0.2) is 48.6 Å². The van der Waals surface area contributed by atoms with E-state index in [-0.39, 0.29) is 30.0 Å². The zero-order chi connectivity index (χ0) is 20.5. The van der Waals surface area contributed by atoms with Gasteiger partial charge in [0.15, 0.2) is 6.61 Å². The molecule has 6 nitrogen and oxygen atoms in total. The lowest BCUT2D eigenvalue weighted by molar-refractivity contribution is -0.142. The van der Waals surface area contributed by atoms with Crippen LogP contribution in [0.1, 0.15) is 39.9 Å². The highest BCUT2D eigenvalue weighted by atomic mass is 35.5. The van der Waals surface area contributed by atoms with Crippen molar-refractivity contribution in [2.24, 2.45) is 5.92 Å².